The zero-order valence-electron chi connectivity index (χ0n) is 22.7. The molecule has 0 unspecified atom stereocenters. The number of carbonyl (C=O) groups excluding carboxylic acids is 1. The number of benzene rings is 2. The van der Waals surface area contributed by atoms with E-state index in [1.54, 1.807) is 18.2 Å². The van der Waals surface area contributed by atoms with E-state index < -0.39 is 23.4 Å². The minimum absolute atomic E-state index is 0.0940. The van der Waals surface area contributed by atoms with Gasteiger partial charge >= 0.3 is 5.97 Å². The van der Waals surface area contributed by atoms with Crippen molar-refractivity contribution in [2.75, 3.05) is 6.61 Å². The maximum Gasteiger partial charge on any atom is 0.314 e. The van der Waals surface area contributed by atoms with Gasteiger partial charge in [0.15, 0.2) is 23.2 Å². The van der Waals surface area contributed by atoms with Crippen LogP contribution in [0.15, 0.2) is 30.3 Å². The van der Waals surface area contributed by atoms with Gasteiger partial charge in [0.1, 0.15) is 5.75 Å². The predicted molar refractivity (Wildman–Crippen MR) is 143 cm³/mol. The molecule has 0 heterocycles. The first-order valence-electron chi connectivity index (χ1n) is 14.5. The Kier molecular flexibility index (Phi) is 10.1. The lowest BCUT2D eigenvalue weighted by Crippen LogP contribution is -2.25. The Morgan fingerprint density at radius 3 is 2.00 bits per heavy atom. The molecule has 208 valence electrons. The zero-order chi connectivity index (χ0) is 27.1. The fourth-order valence-electron chi connectivity index (χ4n) is 5.99. The van der Waals surface area contributed by atoms with Crippen molar-refractivity contribution in [1.82, 2.24) is 0 Å². The number of unbranched alkanes of at least 4 members (excludes halogenated alkanes) is 3. The lowest BCUT2D eigenvalue weighted by atomic mass is 9.76. The quantitative estimate of drug-likeness (QED) is 0.174. The number of carbonyl (C=O) groups is 1. The second kappa shape index (κ2) is 13.5. The molecule has 0 amide bonds. The molecule has 6 heteroatoms. The monoisotopic (exact) mass is 530 g/mol. The van der Waals surface area contributed by atoms with E-state index in [1.807, 2.05) is 0 Å². The van der Waals surface area contributed by atoms with E-state index in [4.69, 9.17) is 9.47 Å². The number of rotatable bonds is 10. The summed E-state index contributed by atoms with van der Waals surface area (Å²) in [7, 11) is 0. The highest BCUT2D eigenvalue weighted by Gasteiger charge is 2.32. The summed E-state index contributed by atoms with van der Waals surface area (Å²) in [5.41, 5.74) is 0.921. The molecule has 0 atom stereocenters. The standard InChI is InChI=1S/C32H41F3O3/c1-3-4-5-6-19-37-29-18-15-25(20-28(29)33)38-32(36)24-13-11-23(12-14-24)27-17-16-26(30(34)31(27)35)22-9-7-21(2)8-10-22/h15-18,20-24H,3-14,19H2,1-2H3. The third-order valence-corrected chi connectivity index (χ3v) is 8.48. The molecular formula is C32H41F3O3. The van der Waals surface area contributed by atoms with Crippen molar-refractivity contribution in [2.24, 2.45) is 11.8 Å². The van der Waals surface area contributed by atoms with Crippen LogP contribution < -0.4 is 9.47 Å². The molecule has 3 nitrogen and oxygen atoms in total. The van der Waals surface area contributed by atoms with E-state index in [1.165, 1.54) is 12.1 Å². The third-order valence-electron chi connectivity index (χ3n) is 8.48. The molecule has 2 fully saturated rings. The first kappa shape index (κ1) is 28.5. The maximum absolute atomic E-state index is 15.1. The summed E-state index contributed by atoms with van der Waals surface area (Å²) in [6, 6.07) is 7.75. The Hall–Kier alpha value is -2.50. The molecule has 4 rings (SSSR count). The number of halogens is 3. The fraction of sp³-hybridized carbons (Fsp3) is 0.594. The van der Waals surface area contributed by atoms with Crippen molar-refractivity contribution in [1.29, 1.82) is 0 Å². The van der Waals surface area contributed by atoms with E-state index in [0.717, 1.165) is 51.4 Å². The Bertz CT molecular complexity index is 1070. The van der Waals surface area contributed by atoms with Crippen LogP contribution in [0.25, 0.3) is 0 Å². The lowest BCUT2D eigenvalue weighted by molar-refractivity contribution is -0.140. The topological polar surface area (TPSA) is 35.5 Å². The van der Waals surface area contributed by atoms with Gasteiger partial charge in [-0.25, -0.2) is 13.2 Å². The van der Waals surface area contributed by atoms with Crippen LogP contribution in [0, 0.1) is 29.3 Å². The molecule has 0 N–H and O–H groups in total. The minimum Gasteiger partial charge on any atom is -0.491 e. The summed E-state index contributed by atoms with van der Waals surface area (Å²) in [5.74, 6) is -1.82. The van der Waals surface area contributed by atoms with E-state index >= 15 is 8.78 Å². The molecule has 0 radical (unpaired) electrons. The molecule has 2 aliphatic carbocycles. The van der Waals surface area contributed by atoms with Crippen LogP contribution in [0.3, 0.4) is 0 Å². The summed E-state index contributed by atoms with van der Waals surface area (Å²) in [5, 5.41) is 0. The summed E-state index contributed by atoms with van der Waals surface area (Å²) < 4.78 is 55.5. The summed E-state index contributed by atoms with van der Waals surface area (Å²) in [6.07, 6.45) is 10.3. The van der Waals surface area contributed by atoms with Gasteiger partial charge in [-0.2, -0.15) is 0 Å². The number of esters is 1. The Morgan fingerprint density at radius 2 is 1.42 bits per heavy atom. The highest BCUT2D eigenvalue weighted by Crippen LogP contribution is 2.41. The summed E-state index contributed by atoms with van der Waals surface area (Å²) in [4.78, 5) is 12.7. The molecule has 38 heavy (non-hydrogen) atoms. The van der Waals surface area contributed by atoms with Crippen LogP contribution in [-0.2, 0) is 4.79 Å². The van der Waals surface area contributed by atoms with Gasteiger partial charge in [-0.15, -0.1) is 0 Å². The highest BCUT2D eigenvalue weighted by molar-refractivity contribution is 5.75. The predicted octanol–water partition coefficient (Wildman–Crippen LogP) is 9.24. The van der Waals surface area contributed by atoms with Crippen LogP contribution in [0.4, 0.5) is 13.2 Å². The molecule has 2 aliphatic rings. The van der Waals surface area contributed by atoms with Crippen LogP contribution in [-0.4, -0.2) is 12.6 Å². The summed E-state index contributed by atoms with van der Waals surface area (Å²) in [6.45, 7) is 4.79. The van der Waals surface area contributed by atoms with E-state index in [-0.39, 0.29) is 29.3 Å². The zero-order valence-corrected chi connectivity index (χ0v) is 22.7. The van der Waals surface area contributed by atoms with Crippen molar-refractivity contribution in [3.8, 4) is 11.5 Å². The molecule has 0 aliphatic heterocycles. The molecule has 0 saturated heterocycles. The molecular weight excluding hydrogens is 489 g/mol. The second-order valence-corrected chi connectivity index (χ2v) is 11.3. The smallest absolute Gasteiger partial charge is 0.314 e. The number of hydrogen-bond donors (Lipinski definition) is 0. The van der Waals surface area contributed by atoms with Gasteiger partial charge in [-0.3, -0.25) is 4.79 Å². The molecule has 0 bridgehead atoms. The molecule has 2 saturated carbocycles. The third kappa shape index (κ3) is 7.12. The average molecular weight is 531 g/mol. The Morgan fingerprint density at radius 1 is 0.816 bits per heavy atom. The van der Waals surface area contributed by atoms with Crippen molar-refractivity contribution in [3.63, 3.8) is 0 Å². The second-order valence-electron chi connectivity index (χ2n) is 11.3. The van der Waals surface area contributed by atoms with E-state index in [9.17, 15) is 9.18 Å². The maximum atomic E-state index is 15.1. The van der Waals surface area contributed by atoms with Crippen molar-refractivity contribution >= 4 is 5.97 Å². The number of hydrogen-bond acceptors (Lipinski definition) is 3. The van der Waals surface area contributed by atoms with Gasteiger partial charge in [0.25, 0.3) is 0 Å². The van der Waals surface area contributed by atoms with Gasteiger partial charge in [-0.1, -0.05) is 58.1 Å². The highest BCUT2D eigenvalue weighted by atomic mass is 19.2. The van der Waals surface area contributed by atoms with Gasteiger partial charge in [0.05, 0.1) is 12.5 Å². The average Bonchev–Trinajstić information content (AvgIpc) is 2.92. The van der Waals surface area contributed by atoms with E-state index in [0.29, 0.717) is 49.3 Å². The van der Waals surface area contributed by atoms with Gasteiger partial charge in [0, 0.05) is 6.07 Å². The van der Waals surface area contributed by atoms with Gasteiger partial charge in [0.2, 0.25) is 0 Å². The molecule has 0 aromatic heterocycles. The van der Waals surface area contributed by atoms with Gasteiger partial charge < -0.3 is 9.47 Å². The van der Waals surface area contributed by atoms with E-state index in [2.05, 4.69) is 13.8 Å². The fourth-order valence-corrected chi connectivity index (χ4v) is 5.99. The van der Waals surface area contributed by atoms with Crippen molar-refractivity contribution < 1.29 is 27.4 Å². The van der Waals surface area contributed by atoms with Gasteiger partial charge in [-0.05, 0) is 86.0 Å². The minimum atomic E-state index is -0.727. The lowest BCUT2D eigenvalue weighted by Gasteiger charge is -2.29. The van der Waals surface area contributed by atoms with Crippen LogP contribution in [0.2, 0.25) is 0 Å². The number of ether oxygens (including phenoxy) is 2. The molecule has 0 spiro atoms. The van der Waals surface area contributed by atoms with Crippen LogP contribution in [0.1, 0.15) is 114 Å². The SMILES string of the molecule is CCCCCCOc1ccc(OC(=O)C2CCC(c3ccc(C4CCC(C)CC4)c(F)c3F)CC2)cc1F. The van der Waals surface area contributed by atoms with Crippen LogP contribution in [0.5, 0.6) is 11.5 Å². The first-order chi connectivity index (χ1) is 18.4. The summed E-state index contributed by atoms with van der Waals surface area (Å²) >= 11 is 0. The van der Waals surface area contributed by atoms with Crippen LogP contribution >= 0.6 is 0 Å². The van der Waals surface area contributed by atoms with Crippen molar-refractivity contribution in [3.05, 3.63) is 58.9 Å². The molecule has 2 aromatic carbocycles. The first-order valence-corrected chi connectivity index (χ1v) is 14.5. The Balaban J connectivity index is 1.28. The van der Waals surface area contributed by atoms with Crippen molar-refractivity contribution in [2.45, 2.75) is 103 Å². The largest absolute Gasteiger partial charge is 0.491 e. The Labute approximate surface area is 225 Å². The normalized spacial score (nSPS) is 23.7. The molecule has 2 aromatic rings.